The average molecular weight is 326 g/mol. The molecule has 3 aromatic rings. The number of aromatic nitrogens is 2. The van der Waals surface area contributed by atoms with E-state index in [1.807, 2.05) is 24.3 Å². The first-order chi connectivity index (χ1) is 11.7. The Bertz CT molecular complexity index is 891. The molecule has 1 N–H and O–H groups in total. The van der Waals surface area contributed by atoms with Crippen molar-refractivity contribution < 1.29 is 8.78 Å². The van der Waals surface area contributed by atoms with Crippen molar-refractivity contribution in [2.75, 3.05) is 31.1 Å². The van der Waals surface area contributed by atoms with Gasteiger partial charge in [0.2, 0.25) is 5.95 Å². The number of nitrogens with one attached hydrogen (secondary N) is 1. The fourth-order valence-corrected chi connectivity index (χ4v) is 2.96. The predicted molar refractivity (Wildman–Crippen MR) is 90.0 cm³/mol. The Morgan fingerprint density at radius 3 is 2.54 bits per heavy atom. The van der Waals surface area contributed by atoms with E-state index in [0.29, 0.717) is 11.6 Å². The lowest BCUT2D eigenvalue weighted by Crippen LogP contribution is -2.44. The molecule has 0 radical (unpaired) electrons. The molecular weight excluding hydrogens is 310 g/mol. The monoisotopic (exact) mass is 326 g/mol. The Labute approximate surface area is 138 Å². The summed E-state index contributed by atoms with van der Waals surface area (Å²) < 4.78 is 27.6. The van der Waals surface area contributed by atoms with Crippen molar-refractivity contribution in [3.8, 4) is 11.3 Å². The largest absolute Gasteiger partial charge is 0.338 e. The second-order valence-corrected chi connectivity index (χ2v) is 5.75. The summed E-state index contributed by atoms with van der Waals surface area (Å²) in [5.41, 5.74) is 1.53. The van der Waals surface area contributed by atoms with Gasteiger partial charge in [0, 0.05) is 43.2 Å². The van der Waals surface area contributed by atoms with Crippen LogP contribution >= 0.6 is 0 Å². The van der Waals surface area contributed by atoms with Gasteiger partial charge in [-0.1, -0.05) is 18.2 Å². The quantitative estimate of drug-likeness (QED) is 0.786. The minimum Gasteiger partial charge on any atom is -0.338 e. The van der Waals surface area contributed by atoms with E-state index in [-0.39, 0.29) is 5.56 Å². The van der Waals surface area contributed by atoms with Gasteiger partial charge in [-0.3, -0.25) is 0 Å². The van der Waals surface area contributed by atoms with Crippen LogP contribution in [0.3, 0.4) is 0 Å². The van der Waals surface area contributed by atoms with E-state index >= 15 is 0 Å². The summed E-state index contributed by atoms with van der Waals surface area (Å²) >= 11 is 0. The Morgan fingerprint density at radius 1 is 0.958 bits per heavy atom. The molecule has 122 valence electrons. The SMILES string of the molecule is Fc1ccc(-c2nc(N3CCNCC3)nc3ccccc23)c(F)c1. The molecule has 0 unspecified atom stereocenters. The van der Waals surface area contributed by atoms with Gasteiger partial charge in [0.05, 0.1) is 11.2 Å². The second kappa shape index (κ2) is 6.13. The maximum Gasteiger partial charge on any atom is 0.226 e. The highest BCUT2D eigenvalue weighted by Crippen LogP contribution is 2.30. The topological polar surface area (TPSA) is 41.1 Å². The number of piperazine rings is 1. The van der Waals surface area contributed by atoms with E-state index in [1.165, 1.54) is 12.1 Å². The summed E-state index contributed by atoms with van der Waals surface area (Å²) in [6.07, 6.45) is 0. The summed E-state index contributed by atoms with van der Waals surface area (Å²) in [6, 6.07) is 11.1. The molecule has 0 atom stereocenters. The van der Waals surface area contributed by atoms with E-state index in [9.17, 15) is 8.78 Å². The molecule has 1 aliphatic heterocycles. The summed E-state index contributed by atoms with van der Waals surface area (Å²) in [7, 11) is 0. The lowest BCUT2D eigenvalue weighted by Gasteiger charge is -2.28. The van der Waals surface area contributed by atoms with Crippen LogP contribution < -0.4 is 10.2 Å². The number of benzene rings is 2. The van der Waals surface area contributed by atoms with E-state index in [1.54, 1.807) is 0 Å². The second-order valence-electron chi connectivity index (χ2n) is 5.75. The minimum absolute atomic E-state index is 0.284. The Balaban J connectivity index is 1.92. The highest BCUT2D eigenvalue weighted by Gasteiger charge is 2.18. The van der Waals surface area contributed by atoms with Gasteiger partial charge < -0.3 is 10.2 Å². The number of hydrogen-bond donors (Lipinski definition) is 1. The first-order valence-corrected chi connectivity index (χ1v) is 7.90. The first-order valence-electron chi connectivity index (χ1n) is 7.90. The lowest BCUT2D eigenvalue weighted by molar-refractivity contribution is 0.579. The zero-order valence-corrected chi connectivity index (χ0v) is 13.0. The molecule has 0 amide bonds. The van der Waals surface area contributed by atoms with E-state index in [0.717, 1.165) is 43.1 Å². The van der Waals surface area contributed by atoms with Gasteiger partial charge in [0.1, 0.15) is 11.6 Å². The van der Waals surface area contributed by atoms with Gasteiger partial charge >= 0.3 is 0 Å². The third kappa shape index (κ3) is 2.69. The molecule has 6 heteroatoms. The highest BCUT2D eigenvalue weighted by molar-refractivity contribution is 5.93. The van der Waals surface area contributed by atoms with Crippen molar-refractivity contribution >= 4 is 16.9 Å². The number of nitrogens with zero attached hydrogens (tertiary/aromatic N) is 3. The number of hydrogen-bond acceptors (Lipinski definition) is 4. The zero-order chi connectivity index (χ0) is 16.5. The van der Waals surface area contributed by atoms with Crippen molar-refractivity contribution in [1.29, 1.82) is 0 Å². The molecule has 2 aromatic carbocycles. The number of fused-ring (bicyclic) bond motifs is 1. The summed E-state index contributed by atoms with van der Waals surface area (Å²) in [6.45, 7) is 3.31. The normalized spacial score (nSPS) is 15.0. The molecular formula is C18H16F2N4. The van der Waals surface area contributed by atoms with Crippen LogP contribution in [0.25, 0.3) is 22.2 Å². The number of halogens is 2. The molecule has 2 heterocycles. The van der Waals surface area contributed by atoms with Crippen LogP contribution in [-0.4, -0.2) is 36.1 Å². The lowest BCUT2D eigenvalue weighted by atomic mass is 10.1. The fraction of sp³-hybridized carbons (Fsp3) is 0.222. The van der Waals surface area contributed by atoms with Crippen LogP contribution in [-0.2, 0) is 0 Å². The van der Waals surface area contributed by atoms with Crippen molar-refractivity contribution in [1.82, 2.24) is 15.3 Å². The summed E-state index contributed by atoms with van der Waals surface area (Å²) in [5, 5.41) is 4.04. The standard InChI is InChI=1S/C18H16F2N4/c19-12-5-6-13(15(20)11-12)17-14-3-1-2-4-16(14)22-18(23-17)24-9-7-21-8-10-24/h1-6,11,21H,7-10H2. The maximum atomic E-state index is 14.3. The summed E-state index contributed by atoms with van der Waals surface area (Å²) in [4.78, 5) is 11.3. The molecule has 1 aliphatic rings. The van der Waals surface area contributed by atoms with Crippen LogP contribution in [0, 0.1) is 11.6 Å². The molecule has 0 saturated carbocycles. The van der Waals surface area contributed by atoms with Gasteiger partial charge in [0.15, 0.2) is 0 Å². The fourth-order valence-electron chi connectivity index (χ4n) is 2.96. The van der Waals surface area contributed by atoms with Crippen molar-refractivity contribution in [2.24, 2.45) is 0 Å². The Hall–Kier alpha value is -2.60. The highest BCUT2D eigenvalue weighted by atomic mass is 19.1. The molecule has 0 spiro atoms. The maximum absolute atomic E-state index is 14.3. The molecule has 0 bridgehead atoms. The van der Waals surface area contributed by atoms with Crippen LogP contribution in [0.15, 0.2) is 42.5 Å². The smallest absolute Gasteiger partial charge is 0.226 e. The van der Waals surface area contributed by atoms with Crippen molar-refractivity contribution in [3.05, 3.63) is 54.1 Å². The van der Waals surface area contributed by atoms with E-state index < -0.39 is 11.6 Å². The number of para-hydroxylation sites is 1. The molecule has 1 saturated heterocycles. The van der Waals surface area contributed by atoms with Crippen LogP contribution in [0.5, 0.6) is 0 Å². The van der Waals surface area contributed by atoms with E-state index in [4.69, 9.17) is 0 Å². The first kappa shape index (κ1) is 15.0. The molecule has 24 heavy (non-hydrogen) atoms. The molecule has 1 fully saturated rings. The number of anilines is 1. The third-order valence-electron chi connectivity index (χ3n) is 4.18. The zero-order valence-electron chi connectivity index (χ0n) is 13.0. The van der Waals surface area contributed by atoms with Crippen LogP contribution in [0.1, 0.15) is 0 Å². The van der Waals surface area contributed by atoms with Crippen LogP contribution in [0.2, 0.25) is 0 Å². The molecule has 1 aromatic heterocycles. The van der Waals surface area contributed by atoms with Gasteiger partial charge in [-0.2, -0.15) is 0 Å². The molecule has 4 nitrogen and oxygen atoms in total. The third-order valence-corrected chi connectivity index (χ3v) is 4.18. The number of rotatable bonds is 2. The van der Waals surface area contributed by atoms with Gasteiger partial charge in [-0.05, 0) is 18.2 Å². The van der Waals surface area contributed by atoms with Crippen molar-refractivity contribution in [2.45, 2.75) is 0 Å². The Kier molecular flexibility index (Phi) is 3.82. The molecule has 0 aliphatic carbocycles. The summed E-state index contributed by atoms with van der Waals surface area (Å²) in [5.74, 6) is -0.643. The Morgan fingerprint density at radius 2 is 1.75 bits per heavy atom. The van der Waals surface area contributed by atoms with Crippen molar-refractivity contribution in [3.63, 3.8) is 0 Å². The average Bonchev–Trinajstić information content (AvgIpc) is 2.62. The predicted octanol–water partition coefficient (Wildman–Crippen LogP) is 2.98. The van der Waals surface area contributed by atoms with Gasteiger partial charge in [-0.15, -0.1) is 0 Å². The van der Waals surface area contributed by atoms with Crippen LogP contribution in [0.4, 0.5) is 14.7 Å². The van der Waals surface area contributed by atoms with Gasteiger partial charge in [0.25, 0.3) is 0 Å². The van der Waals surface area contributed by atoms with E-state index in [2.05, 4.69) is 20.2 Å². The van der Waals surface area contributed by atoms with Gasteiger partial charge in [-0.25, -0.2) is 18.7 Å². The minimum atomic E-state index is -0.620. The molecule has 4 rings (SSSR count).